The summed E-state index contributed by atoms with van der Waals surface area (Å²) in [6, 6.07) is 15.6. The number of nitrogens with zero attached hydrogens (tertiary/aromatic N) is 1. The molecule has 33 heavy (non-hydrogen) atoms. The van der Waals surface area contributed by atoms with Crippen molar-refractivity contribution >= 4 is 11.8 Å². The summed E-state index contributed by atoms with van der Waals surface area (Å²) >= 11 is 0. The Kier molecular flexibility index (Phi) is 9.51. The summed E-state index contributed by atoms with van der Waals surface area (Å²) in [4.78, 5) is 27.8. The molecular weight excluding hydrogens is 412 g/mol. The lowest BCUT2D eigenvalue weighted by atomic mass is 9.86. The lowest BCUT2D eigenvalue weighted by Gasteiger charge is -2.30. The first kappa shape index (κ1) is 26.4. The second-order valence-corrected chi connectivity index (χ2v) is 9.81. The zero-order valence-electron chi connectivity index (χ0n) is 21.3. The fraction of sp³-hybridized carbons (Fsp3) is 0.500. The Morgan fingerprint density at radius 3 is 2.06 bits per heavy atom. The van der Waals surface area contributed by atoms with Gasteiger partial charge in [0.15, 0.2) is 0 Å². The third-order valence-corrected chi connectivity index (χ3v) is 6.13. The van der Waals surface area contributed by atoms with Crippen LogP contribution in [0.2, 0.25) is 0 Å². The number of ether oxygens (including phenoxy) is 1. The Labute approximate surface area is 199 Å². The van der Waals surface area contributed by atoms with Crippen molar-refractivity contribution in [2.24, 2.45) is 0 Å². The van der Waals surface area contributed by atoms with E-state index in [2.05, 4.69) is 50.4 Å². The SMILES string of the molecule is CC[C@H](C)NC(=O)[C@@H](C)N(Cc1ccc(OC)cc1)C(=O)CCc1ccc(C(C)(C)C)cc1. The molecule has 0 bridgehead atoms. The van der Waals surface area contributed by atoms with Gasteiger partial charge in [-0.15, -0.1) is 0 Å². The van der Waals surface area contributed by atoms with Crippen molar-refractivity contribution in [1.29, 1.82) is 0 Å². The molecule has 0 heterocycles. The fourth-order valence-corrected chi connectivity index (χ4v) is 3.54. The van der Waals surface area contributed by atoms with Crippen molar-refractivity contribution < 1.29 is 14.3 Å². The van der Waals surface area contributed by atoms with Crippen LogP contribution < -0.4 is 10.1 Å². The van der Waals surface area contributed by atoms with Gasteiger partial charge in [0.25, 0.3) is 0 Å². The minimum atomic E-state index is -0.558. The van der Waals surface area contributed by atoms with Crippen LogP contribution >= 0.6 is 0 Å². The lowest BCUT2D eigenvalue weighted by molar-refractivity contribution is -0.140. The van der Waals surface area contributed by atoms with Crippen molar-refractivity contribution in [1.82, 2.24) is 10.2 Å². The van der Waals surface area contributed by atoms with Gasteiger partial charge in [-0.3, -0.25) is 9.59 Å². The van der Waals surface area contributed by atoms with E-state index in [-0.39, 0.29) is 23.3 Å². The van der Waals surface area contributed by atoms with Gasteiger partial charge in [-0.2, -0.15) is 0 Å². The van der Waals surface area contributed by atoms with E-state index in [0.717, 1.165) is 23.3 Å². The predicted octanol–water partition coefficient (Wildman–Crippen LogP) is 5.26. The average molecular weight is 453 g/mol. The molecule has 0 saturated carbocycles. The molecule has 5 heteroatoms. The van der Waals surface area contributed by atoms with E-state index in [1.165, 1.54) is 5.56 Å². The molecule has 2 amide bonds. The van der Waals surface area contributed by atoms with E-state index >= 15 is 0 Å². The van der Waals surface area contributed by atoms with Gasteiger partial charge >= 0.3 is 0 Å². The average Bonchev–Trinajstić information content (AvgIpc) is 2.80. The van der Waals surface area contributed by atoms with Gasteiger partial charge in [0.2, 0.25) is 11.8 Å². The smallest absolute Gasteiger partial charge is 0.242 e. The molecule has 0 aromatic heterocycles. The highest BCUT2D eigenvalue weighted by molar-refractivity contribution is 5.87. The summed E-state index contributed by atoms with van der Waals surface area (Å²) in [6.07, 6.45) is 1.84. The summed E-state index contributed by atoms with van der Waals surface area (Å²) in [5.74, 6) is 0.608. The molecule has 0 saturated heterocycles. The van der Waals surface area contributed by atoms with Crippen LogP contribution in [0.25, 0.3) is 0 Å². The van der Waals surface area contributed by atoms with E-state index in [4.69, 9.17) is 4.74 Å². The second-order valence-electron chi connectivity index (χ2n) is 9.81. The van der Waals surface area contributed by atoms with Gasteiger partial charge < -0.3 is 15.0 Å². The number of methoxy groups -OCH3 is 1. The van der Waals surface area contributed by atoms with Crippen LogP contribution in [-0.4, -0.2) is 35.9 Å². The van der Waals surface area contributed by atoms with Crippen molar-refractivity contribution in [2.45, 2.75) is 84.8 Å². The van der Waals surface area contributed by atoms with E-state index in [1.807, 2.05) is 38.1 Å². The largest absolute Gasteiger partial charge is 0.497 e. The number of nitrogens with one attached hydrogen (secondary N) is 1. The number of hydrogen-bond acceptors (Lipinski definition) is 3. The number of carbonyl (C=O) groups is 2. The van der Waals surface area contributed by atoms with Crippen LogP contribution in [0.5, 0.6) is 5.75 Å². The Balaban J connectivity index is 2.14. The highest BCUT2D eigenvalue weighted by Crippen LogP contribution is 2.23. The zero-order valence-corrected chi connectivity index (χ0v) is 21.3. The van der Waals surface area contributed by atoms with Gasteiger partial charge in [-0.05, 0) is 60.9 Å². The first-order chi connectivity index (χ1) is 15.5. The first-order valence-corrected chi connectivity index (χ1v) is 11.9. The number of hydrogen-bond donors (Lipinski definition) is 1. The minimum Gasteiger partial charge on any atom is -0.497 e. The molecule has 2 atom stereocenters. The number of aryl methyl sites for hydroxylation is 1. The fourth-order valence-electron chi connectivity index (χ4n) is 3.54. The summed E-state index contributed by atoms with van der Waals surface area (Å²) < 4.78 is 5.24. The minimum absolute atomic E-state index is 0.0301. The van der Waals surface area contributed by atoms with Gasteiger partial charge in [-0.1, -0.05) is 64.1 Å². The Hall–Kier alpha value is -2.82. The van der Waals surface area contributed by atoms with Crippen molar-refractivity contribution in [2.75, 3.05) is 7.11 Å². The monoisotopic (exact) mass is 452 g/mol. The van der Waals surface area contributed by atoms with Crippen LogP contribution in [0.1, 0.15) is 71.1 Å². The lowest BCUT2D eigenvalue weighted by Crippen LogP contribution is -2.49. The molecule has 0 unspecified atom stereocenters. The summed E-state index contributed by atoms with van der Waals surface area (Å²) in [5, 5.41) is 3.01. The van der Waals surface area contributed by atoms with E-state index in [0.29, 0.717) is 19.4 Å². The van der Waals surface area contributed by atoms with Crippen LogP contribution in [-0.2, 0) is 28.0 Å². The van der Waals surface area contributed by atoms with Crippen molar-refractivity contribution in [3.05, 3.63) is 65.2 Å². The molecule has 0 spiro atoms. The van der Waals surface area contributed by atoms with Crippen LogP contribution in [0.15, 0.2) is 48.5 Å². The number of amides is 2. The third-order valence-electron chi connectivity index (χ3n) is 6.13. The van der Waals surface area contributed by atoms with E-state index in [1.54, 1.807) is 18.9 Å². The Morgan fingerprint density at radius 1 is 0.970 bits per heavy atom. The van der Waals surface area contributed by atoms with Gasteiger partial charge in [-0.25, -0.2) is 0 Å². The third kappa shape index (κ3) is 7.92. The summed E-state index contributed by atoms with van der Waals surface area (Å²) in [6.45, 7) is 12.7. The molecule has 1 N–H and O–H groups in total. The maximum atomic E-state index is 13.3. The standard InChI is InChI=1S/C28H40N2O3/c1-8-20(2)29-27(32)21(3)30(19-23-11-16-25(33-7)17-12-23)26(31)18-13-22-9-14-24(15-10-22)28(4,5)6/h9-12,14-17,20-21H,8,13,18-19H2,1-7H3,(H,29,32)/t20-,21+/m0/s1. The number of carbonyl (C=O) groups excluding carboxylic acids is 2. The predicted molar refractivity (Wildman–Crippen MR) is 134 cm³/mol. The topological polar surface area (TPSA) is 58.6 Å². The Bertz CT molecular complexity index is 898. The molecule has 2 aromatic rings. The molecule has 0 aliphatic heterocycles. The zero-order chi connectivity index (χ0) is 24.6. The van der Waals surface area contributed by atoms with Crippen LogP contribution in [0.4, 0.5) is 0 Å². The molecular formula is C28H40N2O3. The van der Waals surface area contributed by atoms with E-state index < -0.39 is 6.04 Å². The normalized spacial score (nSPS) is 13.2. The molecule has 0 aliphatic carbocycles. The van der Waals surface area contributed by atoms with Crippen molar-refractivity contribution in [3.63, 3.8) is 0 Å². The number of benzene rings is 2. The molecule has 0 fully saturated rings. The highest BCUT2D eigenvalue weighted by Gasteiger charge is 2.26. The maximum Gasteiger partial charge on any atom is 0.242 e. The van der Waals surface area contributed by atoms with Gasteiger partial charge in [0, 0.05) is 19.0 Å². The number of rotatable bonds is 10. The molecule has 5 nitrogen and oxygen atoms in total. The molecule has 0 aliphatic rings. The summed E-state index contributed by atoms with van der Waals surface area (Å²) in [5.41, 5.74) is 3.45. The maximum absolute atomic E-state index is 13.3. The van der Waals surface area contributed by atoms with Crippen LogP contribution in [0, 0.1) is 0 Å². The quantitative estimate of drug-likeness (QED) is 0.535. The molecule has 2 rings (SSSR count). The van der Waals surface area contributed by atoms with Gasteiger partial charge in [0.05, 0.1) is 7.11 Å². The van der Waals surface area contributed by atoms with Crippen molar-refractivity contribution in [3.8, 4) is 5.75 Å². The van der Waals surface area contributed by atoms with Gasteiger partial charge in [0.1, 0.15) is 11.8 Å². The first-order valence-electron chi connectivity index (χ1n) is 11.9. The molecule has 2 aromatic carbocycles. The molecule has 180 valence electrons. The highest BCUT2D eigenvalue weighted by atomic mass is 16.5. The Morgan fingerprint density at radius 2 is 1.55 bits per heavy atom. The van der Waals surface area contributed by atoms with E-state index in [9.17, 15) is 9.59 Å². The second kappa shape index (κ2) is 11.9. The molecule has 0 radical (unpaired) electrons. The summed E-state index contributed by atoms with van der Waals surface area (Å²) in [7, 11) is 1.63. The van der Waals surface area contributed by atoms with Crippen LogP contribution in [0.3, 0.4) is 0 Å².